The summed E-state index contributed by atoms with van der Waals surface area (Å²) in [7, 11) is 0. The van der Waals surface area contributed by atoms with Gasteiger partial charge in [-0.25, -0.2) is 14.0 Å². The molecule has 0 radical (unpaired) electrons. The van der Waals surface area contributed by atoms with Crippen LogP contribution >= 0.6 is 0 Å². The van der Waals surface area contributed by atoms with Gasteiger partial charge in [-0.05, 0) is 24.6 Å². The number of halogens is 1. The van der Waals surface area contributed by atoms with Crippen molar-refractivity contribution >= 4 is 17.7 Å². The van der Waals surface area contributed by atoms with Crippen molar-refractivity contribution in [2.45, 2.75) is 6.42 Å². The molecular weight excluding hydrogens is 239 g/mol. The maximum Gasteiger partial charge on any atom is 0.338 e. The molecule has 18 heavy (non-hydrogen) atoms. The van der Waals surface area contributed by atoms with E-state index in [-0.39, 0.29) is 5.69 Å². The van der Waals surface area contributed by atoms with Gasteiger partial charge in [0, 0.05) is 12.2 Å². The van der Waals surface area contributed by atoms with Crippen LogP contribution in [0.2, 0.25) is 0 Å². The van der Waals surface area contributed by atoms with Crippen molar-refractivity contribution in [2.75, 3.05) is 11.9 Å². The molecule has 0 aliphatic carbocycles. The van der Waals surface area contributed by atoms with Gasteiger partial charge in [0.1, 0.15) is 5.82 Å². The quantitative estimate of drug-likeness (QED) is 0.555. The van der Waals surface area contributed by atoms with Crippen LogP contribution < -0.4 is 10.6 Å². The van der Waals surface area contributed by atoms with Gasteiger partial charge in [-0.15, -0.1) is 6.58 Å². The molecule has 1 rings (SSSR count). The first-order chi connectivity index (χ1) is 8.54. The van der Waals surface area contributed by atoms with Gasteiger partial charge < -0.3 is 15.7 Å². The summed E-state index contributed by atoms with van der Waals surface area (Å²) < 4.78 is 13.3. The molecule has 0 fully saturated rings. The van der Waals surface area contributed by atoms with E-state index in [1.54, 1.807) is 6.08 Å². The fourth-order valence-corrected chi connectivity index (χ4v) is 1.23. The second kappa shape index (κ2) is 6.39. The summed E-state index contributed by atoms with van der Waals surface area (Å²) in [5.41, 5.74) is -0.249. The maximum absolute atomic E-state index is 13.3. The number of amides is 2. The number of aromatic carboxylic acids is 1. The summed E-state index contributed by atoms with van der Waals surface area (Å²) in [6, 6.07) is 2.88. The molecule has 0 saturated heterocycles. The minimum Gasteiger partial charge on any atom is -0.478 e. The fourth-order valence-electron chi connectivity index (χ4n) is 1.23. The number of hydrogen-bond donors (Lipinski definition) is 3. The summed E-state index contributed by atoms with van der Waals surface area (Å²) in [5.74, 6) is -2.25. The molecule has 0 aromatic heterocycles. The first-order valence-electron chi connectivity index (χ1n) is 5.23. The standard InChI is InChI=1S/C12H13FN2O3/c1-2-3-6-14-12(18)15-8-4-5-9(11(16)17)10(13)7-8/h2,4-5,7H,1,3,6H2,(H,16,17)(H2,14,15,18). The van der Waals surface area contributed by atoms with Crippen LogP contribution in [0.4, 0.5) is 14.9 Å². The van der Waals surface area contributed by atoms with E-state index in [0.717, 1.165) is 12.1 Å². The highest BCUT2D eigenvalue weighted by molar-refractivity contribution is 5.91. The molecule has 0 saturated carbocycles. The average molecular weight is 252 g/mol. The molecule has 0 unspecified atom stereocenters. The number of carboxylic acids is 1. The zero-order valence-corrected chi connectivity index (χ0v) is 9.57. The first kappa shape index (κ1) is 13.7. The predicted molar refractivity (Wildman–Crippen MR) is 65.2 cm³/mol. The molecule has 3 N–H and O–H groups in total. The van der Waals surface area contributed by atoms with Gasteiger partial charge in [0.15, 0.2) is 0 Å². The molecular formula is C12H13FN2O3. The molecule has 0 atom stereocenters. The number of carbonyl (C=O) groups excluding carboxylic acids is 1. The van der Waals surface area contributed by atoms with Crippen LogP contribution in [0.5, 0.6) is 0 Å². The molecule has 0 spiro atoms. The lowest BCUT2D eigenvalue weighted by Gasteiger charge is -2.07. The van der Waals surface area contributed by atoms with Crippen LogP contribution in [0.3, 0.4) is 0 Å². The van der Waals surface area contributed by atoms with Crippen LogP contribution in [0, 0.1) is 5.82 Å². The van der Waals surface area contributed by atoms with Gasteiger partial charge in [-0.1, -0.05) is 6.08 Å². The van der Waals surface area contributed by atoms with Crippen molar-refractivity contribution in [3.8, 4) is 0 Å². The smallest absolute Gasteiger partial charge is 0.338 e. The Balaban J connectivity index is 2.63. The Kier molecular flexibility index (Phi) is 4.86. The monoisotopic (exact) mass is 252 g/mol. The molecule has 0 heterocycles. The Morgan fingerprint density at radius 2 is 2.17 bits per heavy atom. The third kappa shape index (κ3) is 3.89. The highest BCUT2D eigenvalue weighted by Crippen LogP contribution is 2.14. The number of carbonyl (C=O) groups is 2. The fraction of sp³-hybridized carbons (Fsp3) is 0.167. The van der Waals surface area contributed by atoms with Gasteiger partial charge in [0.25, 0.3) is 0 Å². The van der Waals surface area contributed by atoms with Gasteiger partial charge >= 0.3 is 12.0 Å². The van der Waals surface area contributed by atoms with Crippen LogP contribution in [0.1, 0.15) is 16.8 Å². The van der Waals surface area contributed by atoms with E-state index < -0.39 is 23.4 Å². The molecule has 5 nitrogen and oxygen atoms in total. The van der Waals surface area contributed by atoms with Crippen molar-refractivity contribution in [2.24, 2.45) is 0 Å². The van der Waals surface area contributed by atoms with Gasteiger partial charge in [-0.3, -0.25) is 0 Å². The number of urea groups is 1. The lowest BCUT2D eigenvalue weighted by molar-refractivity contribution is 0.0692. The summed E-state index contributed by atoms with van der Waals surface area (Å²) in [6.45, 7) is 3.92. The van der Waals surface area contributed by atoms with Crippen LogP contribution in [0.25, 0.3) is 0 Å². The van der Waals surface area contributed by atoms with E-state index in [4.69, 9.17) is 5.11 Å². The Morgan fingerprint density at radius 1 is 1.44 bits per heavy atom. The number of nitrogens with one attached hydrogen (secondary N) is 2. The second-order valence-electron chi connectivity index (χ2n) is 3.46. The zero-order chi connectivity index (χ0) is 13.5. The lowest BCUT2D eigenvalue weighted by atomic mass is 10.2. The predicted octanol–water partition coefficient (Wildman–Crippen LogP) is 2.22. The van der Waals surface area contributed by atoms with E-state index in [0.29, 0.717) is 13.0 Å². The third-order valence-corrected chi connectivity index (χ3v) is 2.09. The largest absolute Gasteiger partial charge is 0.478 e. The number of carboxylic acid groups (broad SMARTS) is 1. The van der Waals surface area contributed by atoms with E-state index in [1.165, 1.54) is 6.07 Å². The van der Waals surface area contributed by atoms with Crippen LogP contribution in [-0.4, -0.2) is 23.7 Å². The number of benzene rings is 1. The summed E-state index contributed by atoms with van der Waals surface area (Å²) in [6.07, 6.45) is 2.28. The summed E-state index contributed by atoms with van der Waals surface area (Å²) in [4.78, 5) is 21.9. The van der Waals surface area contributed by atoms with Crippen molar-refractivity contribution in [3.05, 3.63) is 42.2 Å². The minimum atomic E-state index is -1.35. The van der Waals surface area contributed by atoms with E-state index in [2.05, 4.69) is 17.2 Å². The first-order valence-corrected chi connectivity index (χ1v) is 5.23. The van der Waals surface area contributed by atoms with Crippen LogP contribution in [0.15, 0.2) is 30.9 Å². The van der Waals surface area contributed by atoms with Crippen molar-refractivity contribution in [3.63, 3.8) is 0 Å². The number of hydrogen-bond acceptors (Lipinski definition) is 2. The van der Waals surface area contributed by atoms with Gasteiger partial charge in [-0.2, -0.15) is 0 Å². The molecule has 0 aliphatic heterocycles. The molecule has 0 bridgehead atoms. The maximum atomic E-state index is 13.3. The molecule has 1 aromatic carbocycles. The van der Waals surface area contributed by atoms with Crippen molar-refractivity contribution in [1.82, 2.24) is 5.32 Å². The average Bonchev–Trinajstić information content (AvgIpc) is 2.28. The Labute approximate surface area is 103 Å². The highest BCUT2D eigenvalue weighted by Gasteiger charge is 2.11. The summed E-state index contributed by atoms with van der Waals surface area (Å²) >= 11 is 0. The van der Waals surface area contributed by atoms with Gasteiger partial charge in [0.2, 0.25) is 0 Å². The van der Waals surface area contributed by atoms with E-state index in [1.807, 2.05) is 0 Å². The summed E-state index contributed by atoms with van der Waals surface area (Å²) in [5, 5.41) is 13.6. The molecule has 96 valence electrons. The van der Waals surface area contributed by atoms with E-state index >= 15 is 0 Å². The van der Waals surface area contributed by atoms with Gasteiger partial charge in [0.05, 0.1) is 5.56 Å². The Bertz CT molecular complexity index is 474. The Hall–Kier alpha value is -2.37. The molecule has 0 aliphatic rings. The normalized spacial score (nSPS) is 9.61. The minimum absolute atomic E-state index is 0.189. The molecule has 1 aromatic rings. The van der Waals surface area contributed by atoms with Crippen molar-refractivity contribution < 1.29 is 19.1 Å². The zero-order valence-electron chi connectivity index (χ0n) is 9.57. The van der Waals surface area contributed by atoms with Crippen LogP contribution in [-0.2, 0) is 0 Å². The lowest BCUT2D eigenvalue weighted by Crippen LogP contribution is -2.29. The van der Waals surface area contributed by atoms with E-state index in [9.17, 15) is 14.0 Å². The molecule has 2 amide bonds. The Morgan fingerprint density at radius 3 is 2.72 bits per heavy atom. The molecule has 6 heteroatoms. The number of rotatable bonds is 5. The highest BCUT2D eigenvalue weighted by atomic mass is 19.1. The topological polar surface area (TPSA) is 78.4 Å². The second-order valence-corrected chi connectivity index (χ2v) is 3.46. The third-order valence-electron chi connectivity index (χ3n) is 2.09. The SMILES string of the molecule is C=CCCNC(=O)Nc1ccc(C(=O)O)c(F)c1. The van der Waals surface area contributed by atoms with Crippen molar-refractivity contribution in [1.29, 1.82) is 0 Å². The number of anilines is 1.